The summed E-state index contributed by atoms with van der Waals surface area (Å²) in [7, 11) is 0. The molecule has 94 valence electrons. The first-order valence-electron chi connectivity index (χ1n) is 6.20. The molecule has 2 N–H and O–H groups in total. The van der Waals surface area contributed by atoms with Gasteiger partial charge in [-0.2, -0.15) is 0 Å². The summed E-state index contributed by atoms with van der Waals surface area (Å²) in [5.41, 5.74) is 10.8. The molecule has 0 spiro atoms. The lowest BCUT2D eigenvalue weighted by atomic mass is 10.1. The first-order valence-corrected chi connectivity index (χ1v) is 7.19. The summed E-state index contributed by atoms with van der Waals surface area (Å²) in [5, 5.41) is 0. The second-order valence-electron chi connectivity index (χ2n) is 4.57. The largest absolute Gasteiger partial charge is 0.399 e. The molecule has 0 fully saturated rings. The van der Waals surface area contributed by atoms with E-state index in [1.54, 1.807) is 0 Å². The van der Waals surface area contributed by atoms with Crippen LogP contribution < -0.4 is 5.73 Å². The van der Waals surface area contributed by atoms with Crippen molar-refractivity contribution >= 4 is 17.4 Å². The van der Waals surface area contributed by atoms with E-state index in [9.17, 15) is 0 Å². The molecule has 0 aromatic heterocycles. The van der Waals surface area contributed by atoms with E-state index in [0.717, 1.165) is 17.9 Å². The standard InChI is InChI=1S/C16H19NS/c1-12-7-8-16(13(2)11-12)18-10-9-14-5-3-4-6-15(14)17/h3-8,11H,9-10,17H2,1-2H3. The molecule has 0 amide bonds. The van der Waals surface area contributed by atoms with E-state index in [4.69, 9.17) is 5.73 Å². The normalized spacial score (nSPS) is 10.6. The monoisotopic (exact) mass is 257 g/mol. The van der Waals surface area contributed by atoms with Crippen LogP contribution in [0.25, 0.3) is 0 Å². The summed E-state index contributed by atoms with van der Waals surface area (Å²) in [6.45, 7) is 4.30. The quantitative estimate of drug-likeness (QED) is 0.655. The molecular formula is C16H19NS. The van der Waals surface area contributed by atoms with E-state index in [1.165, 1.54) is 21.6 Å². The van der Waals surface area contributed by atoms with Gasteiger partial charge >= 0.3 is 0 Å². The second-order valence-corrected chi connectivity index (χ2v) is 5.70. The first-order chi connectivity index (χ1) is 8.66. The number of hydrogen-bond acceptors (Lipinski definition) is 2. The van der Waals surface area contributed by atoms with E-state index in [0.29, 0.717) is 0 Å². The number of nitrogens with two attached hydrogens (primary N) is 1. The highest BCUT2D eigenvalue weighted by Crippen LogP contribution is 2.24. The highest BCUT2D eigenvalue weighted by atomic mass is 32.2. The number of rotatable bonds is 4. The summed E-state index contributed by atoms with van der Waals surface area (Å²) in [6, 6.07) is 14.7. The molecule has 0 unspecified atom stereocenters. The Bertz CT molecular complexity index is 534. The molecule has 0 bridgehead atoms. The molecule has 0 aliphatic carbocycles. The van der Waals surface area contributed by atoms with Crippen LogP contribution in [0.15, 0.2) is 47.4 Å². The Morgan fingerprint density at radius 3 is 2.56 bits per heavy atom. The Balaban J connectivity index is 1.95. The molecule has 0 radical (unpaired) electrons. The average Bonchev–Trinajstić information content (AvgIpc) is 2.34. The lowest BCUT2D eigenvalue weighted by Crippen LogP contribution is -1.95. The van der Waals surface area contributed by atoms with Crippen molar-refractivity contribution in [1.29, 1.82) is 0 Å². The van der Waals surface area contributed by atoms with E-state index < -0.39 is 0 Å². The molecule has 1 nitrogen and oxygen atoms in total. The topological polar surface area (TPSA) is 26.0 Å². The second kappa shape index (κ2) is 5.96. The van der Waals surface area contributed by atoms with Gasteiger partial charge in [-0.1, -0.05) is 35.9 Å². The third kappa shape index (κ3) is 3.30. The van der Waals surface area contributed by atoms with E-state index >= 15 is 0 Å². The fourth-order valence-corrected chi connectivity index (χ4v) is 2.99. The van der Waals surface area contributed by atoms with Crippen LogP contribution in [0.3, 0.4) is 0 Å². The van der Waals surface area contributed by atoms with Gasteiger partial charge in [0.25, 0.3) is 0 Å². The number of hydrogen-bond donors (Lipinski definition) is 1. The van der Waals surface area contributed by atoms with Crippen molar-refractivity contribution < 1.29 is 0 Å². The van der Waals surface area contributed by atoms with Crippen LogP contribution in [0.1, 0.15) is 16.7 Å². The fraction of sp³-hybridized carbons (Fsp3) is 0.250. The van der Waals surface area contributed by atoms with Crippen LogP contribution in [0, 0.1) is 13.8 Å². The maximum absolute atomic E-state index is 5.94. The van der Waals surface area contributed by atoms with Crippen molar-refractivity contribution in [3.05, 3.63) is 59.2 Å². The molecule has 0 saturated heterocycles. The van der Waals surface area contributed by atoms with Crippen molar-refractivity contribution in [2.45, 2.75) is 25.2 Å². The molecule has 2 heteroatoms. The Labute approximate surface area is 113 Å². The summed E-state index contributed by atoms with van der Waals surface area (Å²) in [6.07, 6.45) is 1.02. The van der Waals surface area contributed by atoms with Crippen molar-refractivity contribution in [2.75, 3.05) is 11.5 Å². The van der Waals surface area contributed by atoms with E-state index in [2.05, 4.69) is 38.1 Å². The Morgan fingerprint density at radius 1 is 1.06 bits per heavy atom. The molecule has 18 heavy (non-hydrogen) atoms. The summed E-state index contributed by atoms with van der Waals surface area (Å²) >= 11 is 1.90. The number of benzene rings is 2. The van der Waals surface area contributed by atoms with Gasteiger partial charge < -0.3 is 5.73 Å². The van der Waals surface area contributed by atoms with Gasteiger partial charge in [-0.3, -0.25) is 0 Å². The minimum atomic E-state index is 0.902. The van der Waals surface area contributed by atoms with Crippen LogP contribution in [0.4, 0.5) is 5.69 Å². The number of nitrogen functional groups attached to an aromatic ring is 1. The zero-order valence-electron chi connectivity index (χ0n) is 10.9. The number of thioether (sulfide) groups is 1. The number of aryl methyl sites for hydroxylation is 3. The van der Waals surface area contributed by atoms with Gasteiger partial charge in [0, 0.05) is 16.3 Å². The van der Waals surface area contributed by atoms with Gasteiger partial charge in [0.2, 0.25) is 0 Å². The van der Waals surface area contributed by atoms with Crippen molar-refractivity contribution in [3.8, 4) is 0 Å². The molecule has 0 saturated carbocycles. The van der Waals surface area contributed by atoms with Gasteiger partial charge in [-0.15, -0.1) is 11.8 Å². The molecule has 2 aromatic rings. The van der Waals surface area contributed by atoms with Crippen molar-refractivity contribution in [2.24, 2.45) is 0 Å². The average molecular weight is 257 g/mol. The van der Waals surface area contributed by atoms with Crippen molar-refractivity contribution in [1.82, 2.24) is 0 Å². The summed E-state index contributed by atoms with van der Waals surface area (Å²) < 4.78 is 0. The third-order valence-corrected chi connectivity index (χ3v) is 4.19. The van der Waals surface area contributed by atoms with Crippen LogP contribution in [0.5, 0.6) is 0 Å². The van der Waals surface area contributed by atoms with Crippen LogP contribution in [0.2, 0.25) is 0 Å². The maximum Gasteiger partial charge on any atom is 0.0346 e. The Morgan fingerprint density at radius 2 is 1.83 bits per heavy atom. The Hall–Kier alpha value is -1.41. The Kier molecular flexibility index (Phi) is 4.32. The minimum absolute atomic E-state index is 0.902. The predicted molar refractivity (Wildman–Crippen MR) is 81.2 cm³/mol. The van der Waals surface area contributed by atoms with E-state index in [-0.39, 0.29) is 0 Å². The van der Waals surface area contributed by atoms with Gasteiger partial charge in [-0.25, -0.2) is 0 Å². The lowest BCUT2D eigenvalue weighted by molar-refractivity contribution is 1.15. The van der Waals surface area contributed by atoms with Crippen LogP contribution in [-0.4, -0.2) is 5.75 Å². The molecular weight excluding hydrogens is 238 g/mol. The third-order valence-electron chi connectivity index (χ3n) is 3.01. The number of anilines is 1. The van der Waals surface area contributed by atoms with Crippen molar-refractivity contribution in [3.63, 3.8) is 0 Å². The van der Waals surface area contributed by atoms with E-state index in [1.807, 2.05) is 30.0 Å². The van der Waals surface area contributed by atoms with Gasteiger partial charge in [-0.05, 0) is 43.5 Å². The predicted octanol–water partition coefficient (Wildman–Crippen LogP) is 4.22. The van der Waals surface area contributed by atoms with Crippen LogP contribution in [-0.2, 0) is 6.42 Å². The molecule has 0 atom stereocenters. The minimum Gasteiger partial charge on any atom is -0.399 e. The SMILES string of the molecule is Cc1ccc(SCCc2ccccc2N)c(C)c1. The fourth-order valence-electron chi connectivity index (χ4n) is 1.99. The van der Waals surface area contributed by atoms with Crippen LogP contribution >= 0.6 is 11.8 Å². The van der Waals surface area contributed by atoms with Gasteiger partial charge in [0.15, 0.2) is 0 Å². The zero-order chi connectivity index (χ0) is 13.0. The van der Waals surface area contributed by atoms with Gasteiger partial charge in [0.05, 0.1) is 0 Å². The summed E-state index contributed by atoms with van der Waals surface area (Å²) in [5.74, 6) is 1.07. The molecule has 0 aliphatic heterocycles. The maximum atomic E-state index is 5.94. The molecule has 0 heterocycles. The highest BCUT2D eigenvalue weighted by molar-refractivity contribution is 7.99. The molecule has 2 aromatic carbocycles. The summed E-state index contributed by atoms with van der Waals surface area (Å²) in [4.78, 5) is 1.37. The highest BCUT2D eigenvalue weighted by Gasteiger charge is 2.01. The number of para-hydroxylation sites is 1. The lowest BCUT2D eigenvalue weighted by Gasteiger charge is -2.08. The van der Waals surface area contributed by atoms with Gasteiger partial charge in [0.1, 0.15) is 0 Å². The smallest absolute Gasteiger partial charge is 0.0346 e. The molecule has 2 rings (SSSR count). The molecule has 0 aliphatic rings. The zero-order valence-corrected chi connectivity index (χ0v) is 11.8. The first kappa shape index (κ1) is 13.0.